The Morgan fingerprint density at radius 2 is 2.14 bits per heavy atom. The van der Waals surface area contributed by atoms with E-state index in [4.69, 9.17) is 27.8 Å². The fraction of sp³-hybridized carbons (Fsp3) is 0.267. The number of nitrogen functional groups attached to an aromatic ring is 1. The molecule has 0 aliphatic carbocycles. The number of aromatic nitrogens is 2. The first kappa shape index (κ1) is 16.0. The van der Waals surface area contributed by atoms with Crippen LogP contribution in [0.3, 0.4) is 0 Å². The second-order valence-electron chi connectivity index (χ2n) is 5.06. The fourth-order valence-electron chi connectivity index (χ4n) is 1.97. The van der Waals surface area contributed by atoms with Gasteiger partial charge in [0.15, 0.2) is 0 Å². The standard InChI is InChI=1S/C15H17ClN4O2/c1-9(5-14(18)21)8-22-11-4-2-3-10(6-11)12-7-13(17)20-15(16)19-12/h2-4,6-7,9H,5,8H2,1H3,(H2,18,21)(H2,17,19,20). The molecule has 1 unspecified atom stereocenters. The molecular formula is C15H17ClN4O2. The van der Waals surface area contributed by atoms with Crippen LogP contribution < -0.4 is 16.2 Å². The van der Waals surface area contributed by atoms with Crippen molar-refractivity contribution in [1.29, 1.82) is 0 Å². The van der Waals surface area contributed by atoms with Crippen molar-refractivity contribution >= 4 is 23.3 Å². The Hall–Kier alpha value is -2.34. The zero-order valence-corrected chi connectivity index (χ0v) is 12.9. The van der Waals surface area contributed by atoms with Gasteiger partial charge in [-0.15, -0.1) is 0 Å². The van der Waals surface area contributed by atoms with Gasteiger partial charge in [-0.25, -0.2) is 9.97 Å². The first-order valence-electron chi connectivity index (χ1n) is 6.75. The normalized spacial score (nSPS) is 11.9. The highest BCUT2D eigenvalue weighted by Gasteiger charge is 2.08. The van der Waals surface area contributed by atoms with E-state index in [2.05, 4.69) is 9.97 Å². The number of carbonyl (C=O) groups is 1. The van der Waals surface area contributed by atoms with Crippen LogP contribution in [0.25, 0.3) is 11.3 Å². The van der Waals surface area contributed by atoms with Crippen molar-refractivity contribution in [2.45, 2.75) is 13.3 Å². The van der Waals surface area contributed by atoms with E-state index in [9.17, 15) is 4.79 Å². The van der Waals surface area contributed by atoms with Crippen molar-refractivity contribution in [3.63, 3.8) is 0 Å². The van der Waals surface area contributed by atoms with Crippen molar-refractivity contribution in [3.05, 3.63) is 35.6 Å². The number of ether oxygens (including phenoxy) is 1. The van der Waals surface area contributed by atoms with E-state index in [1.165, 1.54) is 0 Å². The molecule has 4 N–H and O–H groups in total. The summed E-state index contributed by atoms with van der Waals surface area (Å²) in [5.74, 6) is 0.680. The molecule has 2 aromatic rings. The van der Waals surface area contributed by atoms with E-state index in [1.807, 2.05) is 31.2 Å². The van der Waals surface area contributed by atoms with Crippen LogP contribution in [-0.2, 0) is 4.79 Å². The first-order valence-corrected chi connectivity index (χ1v) is 7.13. The Balaban J connectivity index is 2.11. The van der Waals surface area contributed by atoms with Crippen LogP contribution in [0.2, 0.25) is 5.28 Å². The lowest BCUT2D eigenvalue weighted by atomic mass is 10.1. The number of benzene rings is 1. The maximum absolute atomic E-state index is 10.9. The van der Waals surface area contributed by atoms with Gasteiger partial charge in [-0.1, -0.05) is 19.1 Å². The van der Waals surface area contributed by atoms with E-state index >= 15 is 0 Å². The number of anilines is 1. The molecule has 1 aromatic heterocycles. The van der Waals surface area contributed by atoms with Crippen LogP contribution in [0.1, 0.15) is 13.3 Å². The summed E-state index contributed by atoms with van der Waals surface area (Å²) < 4.78 is 5.68. The van der Waals surface area contributed by atoms with Gasteiger partial charge in [0.05, 0.1) is 12.3 Å². The fourth-order valence-corrected chi connectivity index (χ4v) is 2.16. The Labute approximate surface area is 133 Å². The number of nitrogens with zero attached hydrogens (tertiary/aromatic N) is 2. The molecule has 1 atom stereocenters. The molecule has 0 spiro atoms. The number of halogens is 1. The highest BCUT2D eigenvalue weighted by molar-refractivity contribution is 6.28. The van der Waals surface area contributed by atoms with Crippen molar-refractivity contribution in [1.82, 2.24) is 9.97 Å². The molecule has 6 nitrogen and oxygen atoms in total. The molecule has 0 saturated heterocycles. The van der Waals surface area contributed by atoms with Crippen molar-refractivity contribution in [2.24, 2.45) is 11.7 Å². The minimum absolute atomic E-state index is 0.0466. The monoisotopic (exact) mass is 320 g/mol. The maximum atomic E-state index is 10.9. The van der Waals surface area contributed by atoms with Crippen molar-refractivity contribution in [2.75, 3.05) is 12.3 Å². The lowest BCUT2D eigenvalue weighted by Crippen LogP contribution is -2.18. The van der Waals surface area contributed by atoms with Crippen LogP contribution >= 0.6 is 11.6 Å². The van der Waals surface area contributed by atoms with Crippen LogP contribution in [0.4, 0.5) is 5.82 Å². The summed E-state index contributed by atoms with van der Waals surface area (Å²) in [5.41, 5.74) is 12.3. The quantitative estimate of drug-likeness (QED) is 0.794. The Kier molecular flexibility index (Phi) is 5.16. The third-order valence-electron chi connectivity index (χ3n) is 2.93. The number of nitrogens with two attached hydrogens (primary N) is 2. The second-order valence-corrected chi connectivity index (χ2v) is 5.40. The molecule has 7 heteroatoms. The van der Waals surface area contributed by atoms with Gasteiger partial charge in [-0.3, -0.25) is 4.79 Å². The molecule has 0 aliphatic rings. The van der Waals surface area contributed by atoms with Crippen LogP contribution in [0.5, 0.6) is 5.75 Å². The summed E-state index contributed by atoms with van der Waals surface area (Å²) in [4.78, 5) is 18.8. The number of primary amides is 1. The molecule has 0 aliphatic heterocycles. The molecule has 116 valence electrons. The topological polar surface area (TPSA) is 104 Å². The zero-order chi connectivity index (χ0) is 16.1. The maximum Gasteiger partial charge on any atom is 0.224 e. The Bertz CT molecular complexity index is 658. The lowest BCUT2D eigenvalue weighted by Gasteiger charge is -2.12. The van der Waals surface area contributed by atoms with E-state index in [0.717, 1.165) is 5.56 Å². The SMILES string of the molecule is CC(COc1cccc(-c2cc(N)nc(Cl)n2)c1)CC(N)=O. The third kappa shape index (κ3) is 4.60. The van der Waals surface area contributed by atoms with Gasteiger partial charge in [0.25, 0.3) is 0 Å². The molecule has 22 heavy (non-hydrogen) atoms. The number of rotatable bonds is 6. The van der Waals surface area contributed by atoms with Crippen molar-refractivity contribution < 1.29 is 9.53 Å². The summed E-state index contributed by atoms with van der Waals surface area (Å²) in [6.07, 6.45) is 0.289. The highest BCUT2D eigenvalue weighted by atomic mass is 35.5. The Morgan fingerprint density at radius 1 is 1.36 bits per heavy atom. The molecule has 0 fully saturated rings. The van der Waals surface area contributed by atoms with E-state index in [-0.39, 0.29) is 23.5 Å². The molecular weight excluding hydrogens is 304 g/mol. The predicted octanol–water partition coefficient (Wildman–Crippen LogP) is 2.27. The summed E-state index contributed by atoms with van der Waals surface area (Å²) in [7, 11) is 0. The molecule has 1 amide bonds. The molecule has 0 radical (unpaired) electrons. The summed E-state index contributed by atoms with van der Waals surface area (Å²) >= 11 is 5.81. The van der Waals surface area contributed by atoms with Crippen molar-refractivity contribution in [3.8, 4) is 17.0 Å². The Morgan fingerprint density at radius 3 is 2.82 bits per heavy atom. The zero-order valence-electron chi connectivity index (χ0n) is 12.1. The van der Waals surface area contributed by atoms with E-state index < -0.39 is 0 Å². The van der Waals surface area contributed by atoms with Gasteiger partial charge < -0.3 is 16.2 Å². The van der Waals surface area contributed by atoms with Gasteiger partial charge in [-0.2, -0.15) is 0 Å². The van der Waals surface area contributed by atoms with Crippen LogP contribution in [-0.4, -0.2) is 22.5 Å². The molecule has 1 heterocycles. The predicted molar refractivity (Wildman–Crippen MR) is 85.4 cm³/mol. The van der Waals surface area contributed by atoms with E-state index in [1.54, 1.807) is 6.07 Å². The molecule has 0 bridgehead atoms. The summed E-state index contributed by atoms with van der Waals surface area (Å²) in [6, 6.07) is 9.01. The van der Waals surface area contributed by atoms with E-state index in [0.29, 0.717) is 23.9 Å². The summed E-state index contributed by atoms with van der Waals surface area (Å²) in [5, 5.41) is 0.0939. The summed E-state index contributed by atoms with van der Waals surface area (Å²) in [6.45, 7) is 2.30. The number of hydrogen-bond acceptors (Lipinski definition) is 5. The minimum atomic E-state index is -0.337. The number of amides is 1. The molecule has 0 saturated carbocycles. The molecule has 1 aromatic carbocycles. The van der Waals surface area contributed by atoms with Gasteiger partial charge in [0, 0.05) is 18.1 Å². The van der Waals surface area contributed by atoms with Crippen LogP contribution in [0, 0.1) is 5.92 Å². The average molecular weight is 321 g/mol. The third-order valence-corrected chi connectivity index (χ3v) is 3.10. The van der Waals surface area contributed by atoms with Crippen LogP contribution in [0.15, 0.2) is 30.3 Å². The van der Waals surface area contributed by atoms with Gasteiger partial charge in [0.2, 0.25) is 11.2 Å². The first-order chi connectivity index (χ1) is 10.4. The number of hydrogen-bond donors (Lipinski definition) is 2. The minimum Gasteiger partial charge on any atom is -0.493 e. The van der Waals surface area contributed by atoms with Gasteiger partial charge >= 0.3 is 0 Å². The smallest absolute Gasteiger partial charge is 0.224 e. The molecule has 2 rings (SSSR count). The second kappa shape index (κ2) is 7.09. The number of carbonyl (C=O) groups excluding carboxylic acids is 1. The largest absolute Gasteiger partial charge is 0.493 e. The van der Waals surface area contributed by atoms with Gasteiger partial charge in [-0.05, 0) is 29.7 Å². The lowest BCUT2D eigenvalue weighted by molar-refractivity contribution is -0.119. The highest BCUT2D eigenvalue weighted by Crippen LogP contribution is 2.24. The average Bonchev–Trinajstić information content (AvgIpc) is 2.44. The van der Waals surface area contributed by atoms with Gasteiger partial charge in [0.1, 0.15) is 11.6 Å².